The van der Waals surface area contributed by atoms with Gasteiger partial charge in [0.2, 0.25) is 5.91 Å². The van der Waals surface area contributed by atoms with Crippen LogP contribution in [0.5, 0.6) is 0 Å². The fourth-order valence-corrected chi connectivity index (χ4v) is 4.18. The molecule has 3 N–H and O–H groups in total. The standard InChI is InChI=1S/C22H31N5O2/c1-16(21(28)26-20-10-6-5-7-17(20)15-23)27-13-11-19(12-14-27)25-22(29)24-18-8-3-2-4-9-18/h5-7,10,16,18-19H,2-4,8-9,11-14H2,1H3,(H,26,28)(H2,24,25,29). The van der Waals surface area contributed by atoms with Crippen molar-refractivity contribution in [3.63, 3.8) is 0 Å². The number of hydrogen-bond donors (Lipinski definition) is 3. The Kier molecular flexibility index (Phi) is 7.48. The van der Waals surface area contributed by atoms with E-state index in [0.29, 0.717) is 17.3 Å². The summed E-state index contributed by atoms with van der Waals surface area (Å²) >= 11 is 0. The molecule has 2 aliphatic rings. The van der Waals surface area contributed by atoms with Crippen molar-refractivity contribution < 1.29 is 9.59 Å². The highest BCUT2D eigenvalue weighted by Gasteiger charge is 2.28. The molecule has 1 atom stereocenters. The Morgan fingerprint density at radius 1 is 1.03 bits per heavy atom. The Morgan fingerprint density at radius 2 is 1.66 bits per heavy atom. The van der Waals surface area contributed by atoms with Crippen LogP contribution in [-0.2, 0) is 4.79 Å². The van der Waals surface area contributed by atoms with Gasteiger partial charge in [0, 0.05) is 25.2 Å². The third-order valence-corrected chi connectivity index (χ3v) is 6.04. The summed E-state index contributed by atoms with van der Waals surface area (Å²) in [7, 11) is 0. The summed E-state index contributed by atoms with van der Waals surface area (Å²) < 4.78 is 0. The van der Waals surface area contributed by atoms with E-state index in [1.165, 1.54) is 19.3 Å². The maximum absolute atomic E-state index is 12.6. The van der Waals surface area contributed by atoms with Crippen LogP contribution in [0.15, 0.2) is 24.3 Å². The molecule has 2 fully saturated rings. The lowest BCUT2D eigenvalue weighted by atomic mass is 9.96. The zero-order valence-corrected chi connectivity index (χ0v) is 17.1. The minimum Gasteiger partial charge on any atom is -0.335 e. The van der Waals surface area contributed by atoms with E-state index in [4.69, 9.17) is 0 Å². The summed E-state index contributed by atoms with van der Waals surface area (Å²) in [6.45, 7) is 3.39. The molecule has 0 bridgehead atoms. The number of rotatable bonds is 5. The van der Waals surface area contributed by atoms with Gasteiger partial charge in [0.05, 0.1) is 17.3 Å². The number of hydrogen-bond acceptors (Lipinski definition) is 4. The fraction of sp³-hybridized carbons (Fsp3) is 0.591. The Hall–Kier alpha value is -2.59. The van der Waals surface area contributed by atoms with Gasteiger partial charge in [-0.25, -0.2) is 4.79 Å². The summed E-state index contributed by atoms with van der Waals surface area (Å²) in [6.07, 6.45) is 7.46. The Balaban J connectivity index is 1.43. The summed E-state index contributed by atoms with van der Waals surface area (Å²) in [4.78, 5) is 27.0. The van der Waals surface area contributed by atoms with Crippen LogP contribution in [0.25, 0.3) is 0 Å². The third kappa shape index (κ3) is 5.94. The van der Waals surface area contributed by atoms with Crippen molar-refractivity contribution >= 4 is 17.6 Å². The molecule has 1 aromatic rings. The lowest BCUT2D eigenvalue weighted by molar-refractivity contribution is -0.121. The quantitative estimate of drug-likeness (QED) is 0.711. The first-order valence-electron chi connectivity index (χ1n) is 10.7. The second kappa shape index (κ2) is 10.3. The first-order valence-corrected chi connectivity index (χ1v) is 10.7. The van der Waals surface area contributed by atoms with Gasteiger partial charge in [-0.2, -0.15) is 5.26 Å². The van der Waals surface area contributed by atoms with E-state index >= 15 is 0 Å². The van der Waals surface area contributed by atoms with Crippen molar-refractivity contribution in [2.45, 2.75) is 70.0 Å². The summed E-state index contributed by atoms with van der Waals surface area (Å²) in [5.74, 6) is -0.117. The molecule has 1 aliphatic carbocycles. The number of nitrogens with zero attached hydrogens (tertiary/aromatic N) is 2. The Morgan fingerprint density at radius 3 is 2.31 bits per heavy atom. The number of carbonyl (C=O) groups excluding carboxylic acids is 2. The molecule has 1 unspecified atom stereocenters. The Labute approximate surface area is 172 Å². The van der Waals surface area contributed by atoms with Crippen molar-refractivity contribution in [3.05, 3.63) is 29.8 Å². The lowest BCUT2D eigenvalue weighted by Gasteiger charge is -2.35. The molecule has 156 valence electrons. The third-order valence-electron chi connectivity index (χ3n) is 6.04. The monoisotopic (exact) mass is 397 g/mol. The van der Waals surface area contributed by atoms with Crippen LogP contribution in [0.3, 0.4) is 0 Å². The number of urea groups is 1. The van der Waals surface area contributed by atoms with Crippen LogP contribution in [0.4, 0.5) is 10.5 Å². The van der Waals surface area contributed by atoms with Gasteiger partial charge >= 0.3 is 6.03 Å². The van der Waals surface area contributed by atoms with Gasteiger partial charge in [0.1, 0.15) is 6.07 Å². The smallest absolute Gasteiger partial charge is 0.315 e. The lowest BCUT2D eigenvalue weighted by Crippen LogP contribution is -2.53. The van der Waals surface area contributed by atoms with Gasteiger partial charge in [-0.05, 0) is 44.7 Å². The predicted octanol–water partition coefficient (Wildman–Crippen LogP) is 2.98. The van der Waals surface area contributed by atoms with Gasteiger partial charge in [-0.1, -0.05) is 31.4 Å². The SMILES string of the molecule is CC(C(=O)Nc1ccccc1C#N)N1CCC(NC(=O)NC2CCCCC2)CC1. The van der Waals surface area contributed by atoms with Crippen molar-refractivity contribution in [1.82, 2.24) is 15.5 Å². The van der Waals surface area contributed by atoms with E-state index < -0.39 is 0 Å². The van der Waals surface area contributed by atoms with E-state index in [9.17, 15) is 14.9 Å². The van der Waals surface area contributed by atoms with E-state index in [-0.39, 0.29) is 24.0 Å². The van der Waals surface area contributed by atoms with Crippen molar-refractivity contribution in [3.8, 4) is 6.07 Å². The van der Waals surface area contributed by atoms with E-state index in [2.05, 4.69) is 26.9 Å². The van der Waals surface area contributed by atoms with Crippen LogP contribution < -0.4 is 16.0 Å². The molecule has 1 saturated heterocycles. The number of anilines is 1. The van der Waals surface area contributed by atoms with E-state index in [1.807, 2.05) is 6.92 Å². The minimum atomic E-state index is -0.293. The van der Waals surface area contributed by atoms with Crippen LogP contribution in [0.1, 0.15) is 57.4 Å². The summed E-state index contributed by atoms with van der Waals surface area (Å²) in [5, 5.41) is 18.2. The number of amides is 3. The highest BCUT2D eigenvalue weighted by Crippen LogP contribution is 2.19. The van der Waals surface area contributed by atoms with Gasteiger partial charge in [-0.3, -0.25) is 9.69 Å². The maximum Gasteiger partial charge on any atom is 0.315 e. The second-order valence-electron chi connectivity index (χ2n) is 8.09. The molecule has 3 amide bonds. The number of nitriles is 1. The molecule has 3 rings (SSSR count). The molecule has 1 aromatic carbocycles. The van der Waals surface area contributed by atoms with Gasteiger partial charge < -0.3 is 16.0 Å². The molecule has 0 aromatic heterocycles. The summed E-state index contributed by atoms with van der Waals surface area (Å²) in [5.41, 5.74) is 1.00. The normalized spacial score (nSPS) is 19.7. The molecule has 29 heavy (non-hydrogen) atoms. The van der Waals surface area contributed by atoms with Crippen LogP contribution >= 0.6 is 0 Å². The van der Waals surface area contributed by atoms with Gasteiger partial charge in [0.25, 0.3) is 0 Å². The van der Waals surface area contributed by atoms with Crippen LogP contribution in [-0.4, -0.2) is 48.1 Å². The predicted molar refractivity (Wildman–Crippen MR) is 112 cm³/mol. The zero-order chi connectivity index (χ0) is 20.6. The molecular weight excluding hydrogens is 366 g/mol. The molecular formula is C22H31N5O2. The van der Waals surface area contributed by atoms with Crippen molar-refractivity contribution in [1.29, 1.82) is 5.26 Å². The van der Waals surface area contributed by atoms with Crippen molar-refractivity contribution in [2.24, 2.45) is 0 Å². The second-order valence-corrected chi connectivity index (χ2v) is 8.09. The first-order chi connectivity index (χ1) is 14.1. The first kappa shape index (κ1) is 21.1. The van der Waals surface area contributed by atoms with E-state index in [0.717, 1.165) is 38.8 Å². The van der Waals surface area contributed by atoms with Crippen molar-refractivity contribution in [2.75, 3.05) is 18.4 Å². The van der Waals surface area contributed by atoms with Gasteiger partial charge in [0.15, 0.2) is 0 Å². The highest BCUT2D eigenvalue weighted by molar-refractivity contribution is 5.95. The van der Waals surface area contributed by atoms with Crippen LogP contribution in [0, 0.1) is 11.3 Å². The highest BCUT2D eigenvalue weighted by atomic mass is 16.2. The number of carbonyl (C=O) groups is 2. The van der Waals surface area contributed by atoms with E-state index in [1.54, 1.807) is 24.3 Å². The Bertz CT molecular complexity index is 746. The number of piperidine rings is 1. The number of nitrogens with one attached hydrogen (secondary N) is 3. The fourth-order valence-electron chi connectivity index (χ4n) is 4.18. The molecule has 1 aliphatic heterocycles. The zero-order valence-electron chi connectivity index (χ0n) is 17.1. The van der Waals surface area contributed by atoms with Gasteiger partial charge in [-0.15, -0.1) is 0 Å². The van der Waals surface area contributed by atoms with Crippen LogP contribution in [0.2, 0.25) is 0 Å². The number of para-hydroxylation sites is 1. The molecule has 7 heteroatoms. The molecule has 1 heterocycles. The molecule has 0 spiro atoms. The molecule has 7 nitrogen and oxygen atoms in total. The molecule has 1 saturated carbocycles. The average Bonchev–Trinajstić information content (AvgIpc) is 2.74. The summed E-state index contributed by atoms with van der Waals surface area (Å²) in [6, 6.07) is 9.21. The maximum atomic E-state index is 12.6. The topological polar surface area (TPSA) is 97.3 Å². The number of benzene rings is 1. The average molecular weight is 398 g/mol. The molecule has 0 radical (unpaired) electrons. The minimum absolute atomic E-state index is 0.0609. The number of likely N-dealkylation sites (tertiary alicyclic amines) is 1. The largest absolute Gasteiger partial charge is 0.335 e.